The molecule has 6 nitrogen and oxygen atoms in total. The van der Waals surface area contributed by atoms with Crippen LogP contribution >= 0.6 is 0 Å². The van der Waals surface area contributed by atoms with E-state index in [-0.39, 0.29) is 12.1 Å². The Labute approximate surface area is 101 Å². The lowest BCUT2D eigenvalue weighted by atomic mass is 9.87. The third-order valence-corrected chi connectivity index (χ3v) is 3.21. The molecule has 1 fully saturated rings. The molecule has 2 amide bonds. The third-order valence-electron chi connectivity index (χ3n) is 3.21. The number of urea groups is 1. The minimum Gasteiger partial charge on any atom is -0.479 e. The second-order valence-electron chi connectivity index (χ2n) is 4.61. The van der Waals surface area contributed by atoms with E-state index < -0.39 is 12.6 Å². The zero-order valence-corrected chi connectivity index (χ0v) is 10.3. The molecule has 0 radical (unpaired) electrons. The Morgan fingerprint density at radius 2 is 1.94 bits per heavy atom. The Bertz CT molecular complexity index is 275. The number of carboxylic acids is 1. The maximum absolute atomic E-state index is 11.6. The van der Waals surface area contributed by atoms with E-state index in [2.05, 4.69) is 17.2 Å². The molecule has 17 heavy (non-hydrogen) atoms. The molecule has 0 aromatic carbocycles. The van der Waals surface area contributed by atoms with Gasteiger partial charge in [-0.15, -0.1) is 0 Å². The van der Waals surface area contributed by atoms with Crippen molar-refractivity contribution < 1.29 is 19.5 Å². The maximum Gasteiger partial charge on any atom is 0.341 e. The van der Waals surface area contributed by atoms with Crippen molar-refractivity contribution in [3.05, 3.63) is 0 Å². The predicted octanol–water partition coefficient (Wildman–Crippen LogP) is 1.22. The molecule has 0 aliphatic heterocycles. The lowest BCUT2D eigenvalue weighted by molar-refractivity contribution is -0.144. The normalized spacial score (nSPS) is 24.1. The summed E-state index contributed by atoms with van der Waals surface area (Å²) in [6, 6.07) is -0.162. The van der Waals surface area contributed by atoms with Gasteiger partial charge < -0.3 is 10.0 Å². The number of hydroxylamine groups is 1. The first-order chi connectivity index (χ1) is 8.00. The highest BCUT2D eigenvalue weighted by Gasteiger charge is 2.24. The number of aliphatic carboxylic acids is 1. The molecule has 0 unspecified atom stereocenters. The van der Waals surface area contributed by atoms with Gasteiger partial charge in [0.1, 0.15) is 0 Å². The van der Waals surface area contributed by atoms with Crippen molar-refractivity contribution in [1.29, 1.82) is 0 Å². The number of nitrogens with one attached hydrogen (secondary N) is 1. The summed E-state index contributed by atoms with van der Waals surface area (Å²) >= 11 is 0. The van der Waals surface area contributed by atoms with Crippen LogP contribution in [0.4, 0.5) is 4.79 Å². The fourth-order valence-corrected chi connectivity index (χ4v) is 2.03. The smallest absolute Gasteiger partial charge is 0.341 e. The van der Waals surface area contributed by atoms with Crippen molar-refractivity contribution in [3.8, 4) is 0 Å². The van der Waals surface area contributed by atoms with Crippen molar-refractivity contribution in [2.75, 3.05) is 13.7 Å². The van der Waals surface area contributed by atoms with E-state index >= 15 is 0 Å². The Morgan fingerprint density at radius 1 is 1.35 bits per heavy atom. The van der Waals surface area contributed by atoms with Crippen LogP contribution in [0, 0.1) is 5.92 Å². The summed E-state index contributed by atoms with van der Waals surface area (Å²) in [7, 11) is 1.71. The van der Waals surface area contributed by atoms with Gasteiger partial charge in [0.25, 0.3) is 0 Å². The number of hydrogen-bond acceptors (Lipinski definition) is 3. The highest BCUT2D eigenvalue weighted by molar-refractivity contribution is 5.73. The highest BCUT2D eigenvalue weighted by Crippen LogP contribution is 2.26. The van der Waals surface area contributed by atoms with E-state index in [0.29, 0.717) is 0 Å². The van der Waals surface area contributed by atoms with Gasteiger partial charge in [0, 0.05) is 13.1 Å². The Kier molecular flexibility index (Phi) is 5.21. The zero-order chi connectivity index (χ0) is 12.8. The predicted molar refractivity (Wildman–Crippen MR) is 61.3 cm³/mol. The molecule has 98 valence electrons. The van der Waals surface area contributed by atoms with E-state index in [1.807, 2.05) is 0 Å². The van der Waals surface area contributed by atoms with Gasteiger partial charge in [-0.3, -0.25) is 4.84 Å². The van der Waals surface area contributed by atoms with Crippen LogP contribution < -0.4 is 5.48 Å². The summed E-state index contributed by atoms with van der Waals surface area (Å²) in [5, 5.41) is 8.35. The first-order valence-corrected chi connectivity index (χ1v) is 5.87. The Hall–Kier alpha value is -1.30. The van der Waals surface area contributed by atoms with Gasteiger partial charge in [-0.05, 0) is 31.6 Å². The minimum atomic E-state index is -1.11. The molecule has 0 saturated heterocycles. The van der Waals surface area contributed by atoms with Gasteiger partial charge in [-0.1, -0.05) is 6.92 Å². The average molecular weight is 244 g/mol. The first-order valence-electron chi connectivity index (χ1n) is 5.87. The molecule has 0 bridgehead atoms. The van der Waals surface area contributed by atoms with Gasteiger partial charge in [-0.25, -0.2) is 15.1 Å². The van der Waals surface area contributed by atoms with E-state index in [4.69, 9.17) is 5.11 Å². The van der Waals surface area contributed by atoms with Crippen molar-refractivity contribution in [3.63, 3.8) is 0 Å². The molecule has 1 aliphatic carbocycles. The number of amides is 2. The standard InChI is InChI=1S/C11H20N2O4/c1-8-3-5-9(6-4-8)13(2)11(16)12-17-7-10(14)15/h8-9H,3-7H2,1-2H3,(H,12,16)(H,14,15). The molecular weight excluding hydrogens is 224 g/mol. The summed E-state index contributed by atoms with van der Waals surface area (Å²) in [5.74, 6) is -0.384. The quantitative estimate of drug-likeness (QED) is 0.729. The first kappa shape index (κ1) is 13.8. The maximum atomic E-state index is 11.6. The van der Waals surface area contributed by atoms with Gasteiger partial charge >= 0.3 is 12.0 Å². The second kappa shape index (κ2) is 6.44. The molecule has 0 heterocycles. The number of carbonyl (C=O) groups is 2. The van der Waals surface area contributed by atoms with E-state index in [1.165, 1.54) is 0 Å². The van der Waals surface area contributed by atoms with E-state index in [9.17, 15) is 9.59 Å². The van der Waals surface area contributed by atoms with Crippen LogP contribution in [0.2, 0.25) is 0 Å². The van der Waals surface area contributed by atoms with E-state index in [0.717, 1.165) is 31.6 Å². The molecule has 1 aliphatic rings. The van der Waals surface area contributed by atoms with Gasteiger partial charge in [0.05, 0.1) is 0 Å². The second-order valence-corrected chi connectivity index (χ2v) is 4.61. The molecule has 6 heteroatoms. The molecule has 0 atom stereocenters. The number of nitrogens with zero attached hydrogens (tertiary/aromatic N) is 1. The zero-order valence-electron chi connectivity index (χ0n) is 10.3. The lowest BCUT2D eigenvalue weighted by Crippen LogP contribution is -2.45. The monoisotopic (exact) mass is 244 g/mol. The minimum absolute atomic E-state index is 0.222. The molecular formula is C11H20N2O4. The number of hydrogen-bond donors (Lipinski definition) is 2. The Morgan fingerprint density at radius 3 is 2.47 bits per heavy atom. The van der Waals surface area contributed by atoms with Crippen molar-refractivity contribution >= 4 is 12.0 Å². The van der Waals surface area contributed by atoms with Gasteiger partial charge in [-0.2, -0.15) is 0 Å². The van der Waals surface area contributed by atoms with Crippen LogP contribution in [0.3, 0.4) is 0 Å². The van der Waals surface area contributed by atoms with E-state index in [1.54, 1.807) is 11.9 Å². The van der Waals surface area contributed by atoms with Crippen LogP contribution in [-0.2, 0) is 9.63 Å². The summed E-state index contributed by atoms with van der Waals surface area (Å²) < 4.78 is 0. The molecule has 1 rings (SSSR count). The largest absolute Gasteiger partial charge is 0.479 e. The number of carboxylic acid groups (broad SMARTS) is 1. The molecule has 2 N–H and O–H groups in total. The molecule has 0 aromatic rings. The van der Waals surface area contributed by atoms with Crippen LogP contribution in [-0.4, -0.2) is 41.7 Å². The van der Waals surface area contributed by atoms with Crippen LogP contribution in [0.15, 0.2) is 0 Å². The third kappa shape index (κ3) is 4.60. The lowest BCUT2D eigenvalue weighted by Gasteiger charge is -2.33. The summed E-state index contributed by atoms with van der Waals surface area (Å²) in [6.45, 7) is 1.69. The van der Waals surface area contributed by atoms with Crippen LogP contribution in [0.5, 0.6) is 0 Å². The molecule has 0 spiro atoms. The molecule has 0 aromatic heterocycles. The Balaban J connectivity index is 2.28. The van der Waals surface area contributed by atoms with Crippen molar-refractivity contribution in [2.45, 2.75) is 38.6 Å². The number of carbonyl (C=O) groups excluding carboxylic acids is 1. The van der Waals surface area contributed by atoms with Crippen molar-refractivity contribution in [2.24, 2.45) is 5.92 Å². The topological polar surface area (TPSA) is 78.9 Å². The van der Waals surface area contributed by atoms with Gasteiger partial charge in [0.15, 0.2) is 6.61 Å². The fraction of sp³-hybridized carbons (Fsp3) is 0.818. The SMILES string of the molecule is CC1CCC(N(C)C(=O)NOCC(=O)O)CC1. The average Bonchev–Trinajstić information content (AvgIpc) is 2.28. The van der Waals surface area contributed by atoms with Gasteiger partial charge in [0.2, 0.25) is 0 Å². The van der Waals surface area contributed by atoms with Crippen LogP contribution in [0.25, 0.3) is 0 Å². The molecule has 1 saturated carbocycles. The number of rotatable bonds is 4. The highest BCUT2D eigenvalue weighted by atomic mass is 16.7. The van der Waals surface area contributed by atoms with Crippen molar-refractivity contribution in [1.82, 2.24) is 10.4 Å². The van der Waals surface area contributed by atoms with Crippen LogP contribution in [0.1, 0.15) is 32.6 Å². The fourth-order valence-electron chi connectivity index (χ4n) is 2.03. The summed E-state index contributed by atoms with van der Waals surface area (Å²) in [4.78, 5) is 27.9. The summed E-state index contributed by atoms with van der Waals surface area (Å²) in [5.41, 5.74) is 2.13. The summed E-state index contributed by atoms with van der Waals surface area (Å²) in [6.07, 6.45) is 4.23.